The predicted octanol–water partition coefficient (Wildman–Crippen LogP) is 3.70. The van der Waals surface area contributed by atoms with Crippen LogP contribution in [0.3, 0.4) is 0 Å². The Labute approximate surface area is 146 Å². The minimum Gasteiger partial charge on any atom is -0.495 e. The molecule has 126 valence electrons. The second-order valence-electron chi connectivity index (χ2n) is 5.58. The largest absolute Gasteiger partial charge is 0.495 e. The number of methoxy groups -OCH3 is 1. The van der Waals surface area contributed by atoms with Crippen molar-refractivity contribution in [2.75, 3.05) is 43.5 Å². The second kappa shape index (κ2) is 7.45. The molecule has 0 aromatic heterocycles. The van der Waals surface area contributed by atoms with Crippen molar-refractivity contribution in [3.8, 4) is 5.75 Å². The molecule has 0 bridgehead atoms. The summed E-state index contributed by atoms with van der Waals surface area (Å²) in [6, 6.07) is 15.0. The van der Waals surface area contributed by atoms with E-state index in [1.165, 1.54) is 0 Å². The molecule has 6 heteroatoms. The maximum Gasteiger partial charge on any atom is 0.321 e. The van der Waals surface area contributed by atoms with Crippen molar-refractivity contribution < 1.29 is 9.53 Å². The van der Waals surface area contributed by atoms with Crippen molar-refractivity contribution in [2.45, 2.75) is 0 Å². The number of amides is 2. The topological polar surface area (TPSA) is 44.8 Å². The van der Waals surface area contributed by atoms with Gasteiger partial charge in [0.25, 0.3) is 0 Å². The van der Waals surface area contributed by atoms with E-state index in [9.17, 15) is 4.79 Å². The summed E-state index contributed by atoms with van der Waals surface area (Å²) in [5, 5.41) is 3.55. The molecule has 0 saturated carbocycles. The maximum atomic E-state index is 12.4. The molecule has 1 aliphatic rings. The zero-order chi connectivity index (χ0) is 16.9. The Kier molecular flexibility index (Phi) is 5.11. The zero-order valence-electron chi connectivity index (χ0n) is 13.5. The second-order valence-corrected chi connectivity index (χ2v) is 6.02. The van der Waals surface area contributed by atoms with Crippen molar-refractivity contribution in [1.82, 2.24) is 4.90 Å². The lowest BCUT2D eigenvalue weighted by molar-refractivity contribution is 0.208. The molecule has 2 aromatic rings. The van der Waals surface area contributed by atoms with Gasteiger partial charge in [-0.2, -0.15) is 0 Å². The molecular weight excluding hydrogens is 326 g/mol. The number of carbonyl (C=O) groups is 1. The summed E-state index contributed by atoms with van der Waals surface area (Å²) in [4.78, 5) is 16.4. The summed E-state index contributed by atoms with van der Waals surface area (Å²) < 4.78 is 5.42. The number of anilines is 2. The Morgan fingerprint density at radius 1 is 1.04 bits per heavy atom. The zero-order valence-corrected chi connectivity index (χ0v) is 14.3. The average Bonchev–Trinajstić information content (AvgIpc) is 2.63. The van der Waals surface area contributed by atoms with Crippen LogP contribution < -0.4 is 15.0 Å². The van der Waals surface area contributed by atoms with E-state index in [-0.39, 0.29) is 6.03 Å². The summed E-state index contributed by atoms with van der Waals surface area (Å²) in [7, 11) is 1.68. The molecular formula is C18H20ClN3O2. The van der Waals surface area contributed by atoms with Crippen LogP contribution in [0.15, 0.2) is 48.5 Å². The standard InChI is InChI=1S/C18H20ClN3O2/c1-24-17-5-3-2-4-16(17)21-10-12-22(13-11-21)18(23)20-15-8-6-14(19)7-9-15/h2-9H,10-13H2,1H3,(H,20,23). The van der Waals surface area contributed by atoms with E-state index in [4.69, 9.17) is 16.3 Å². The number of rotatable bonds is 3. The molecule has 2 aromatic carbocycles. The molecule has 24 heavy (non-hydrogen) atoms. The van der Waals surface area contributed by atoms with Crippen LogP contribution in [-0.2, 0) is 0 Å². The number of para-hydroxylation sites is 2. The Hall–Kier alpha value is -2.40. The van der Waals surface area contributed by atoms with Gasteiger partial charge in [0.1, 0.15) is 5.75 Å². The molecule has 0 spiro atoms. The number of nitrogens with one attached hydrogen (secondary N) is 1. The van der Waals surface area contributed by atoms with Gasteiger partial charge in [0.15, 0.2) is 0 Å². The smallest absolute Gasteiger partial charge is 0.321 e. The van der Waals surface area contributed by atoms with Gasteiger partial charge in [0, 0.05) is 36.9 Å². The summed E-state index contributed by atoms with van der Waals surface area (Å²) in [6.45, 7) is 2.87. The lowest BCUT2D eigenvalue weighted by Gasteiger charge is -2.36. The third-order valence-electron chi connectivity index (χ3n) is 4.09. The average molecular weight is 346 g/mol. The lowest BCUT2D eigenvalue weighted by atomic mass is 10.2. The molecule has 1 N–H and O–H groups in total. The van der Waals surface area contributed by atoms with Crippen molar-refractivity contribution in [3.63, 3.8) is 0 Å². The van der Waals surface area contributed by atoms with E-state index >= 15 is 0 Å². The van der Waals surface area contributed by atoms with Gasteiger partial charge in [-0.1, -0.05) is 23.7 Å². The van der Waals surface area contributed by atoms with E-state index in [1.54, 1.807) is 31.4 Å². The fourth-order valence-electron chi connectivity index (χ4n) is 2.78. The first kappa shape index (κ1) is 16.5. The molecule has 0 atom stereocenters. The number of urea groups is 1. The molecule has 1 fully saturated rings. The van der Waals surface area contributed by atoms with Crippen LogP contribution in [0.5, 0.6) is 5.75 Å². The van der Waals surface area contributed by atoms with Crippen molar-refractivity contribution >= 4 is 29.0 Å². The quantitative estimate of drug-likeness (QED) is 0.922. The van der Waals surface area contributed by atoms with Crippen molar-refractivity contribution in [1.29, 1.82) is 0 Å². The first-order valence-corrected chi connectivity index (χ1v) is 8.24. The molecule has 1 heterocycles. The number of piperazine rings is 1. The third-order valence-corrected chi connectivity index (χ3v) is 4.34. The van der Waals surface area contributed by atoms with Gasteiger partial charge in [-0.25, -0.2) is 4.79 Å². The van der Waals surface area contributed by atoms with Crippen LogP contribution in [0, 0.1) is 0 Å². The Bertz CT molecular complexity index is 698. The number of benzene rings is 2. The Morgan fingerprint density at radius 3 is 2.38 bits per heavy atom. The van der Waals surface area contributed by atoms with Gasteiger partial charge in [-0.15, -0.1) is 0 Å². The highest BCUT2D eigenvalue weighted by Gasteiger charge is 2.22. The van der Waals surface area contributed by atoms with E-state index in [0.717, 1.165) is 30.2 Å². The van der Waals surface area contributed by atoms with Gasteiger partial charge >= 0.3 is 6.03 Å². The molecule has 1 aliphatic heterocycles. The van der Waals surface area contributed by atoms with E-state index in [1.807, 2.05) is 29.2 Å². The van der Waals surface area contributed by atoms with Crippen molar-refractivity contribution in [2.24, 2.45) is 0 Å². The summed E-state index contributed by atoms with van der Waals surface area (Å²) in [6.07, 6.45) is 0. The van der Waals surface area contributed by atoms with Gasteiger partial charge in [-0.3, -0.25) is 0 Å². The SMILES string of the molecule is COc1ccccc1N1CCN(C(=O)Nc2ccc(Cl)cc2)CC1. The summed E-state index contributed by atoms with van der Waals surface area (Å²) >= 11 is 5.86. The Balaban J connectivity index is 1.58. The minimum absolute atomic E-state index is 0.0861. The van der Waals surface area contributed by atoms with Crippen LogP contribution in [0.4, 0.5) is 16.2 Å². The van der Waals surface area contributed by atoms with Gasteiger partial charge in [0.2, 0.25) is 0 Å². The highest BCUT2D eigenvalue weighted by atomic mass is 35.5. The van der Waals surface area contributed by atoms with Crippen molar-refractivity contribution in [3.05, 3.63) is 53.6 Å². The number of halogens is 1. The van der Waals surface area contributed by atoms with Crippen LogP contribution in [0.2, 0.25) is 5.02 Å². The molecule has 0 aliphatic carbocycles. The Morgan fingerprint density at radius 2 is 1.71 bits per heavy atom. The predicted molar refractivity (Wildman–Crippen MR) is 97.3 cm³/mol. The molecule has 1 saturated heterocycles. The first-order valence-electron chi connectivity index (χ1n) is 7.87. The molecule has 5 nitrogen and oxygen atoms in total. The number of ether oxygens (including phenoxy) is 1. The summed E-state index contributed by atoms with van der Waals surface area (Å²) in [5.74, 6) is 0.858. The summed E-state index contributed by atoms with van der Waals surface area (Å²) in [5.41, 5.74) is 1.81. The molecule has 3 rings (SSSR count). The van der Waals surface area contributed by atoms with E-state index < -0.39 is 0 Å². The van der Waals surface area contributed by atoms with Crippen LogP contribution in [0.25, 0.3) is 0 Å². The number of hydrogen-bond donors (Lipinski definition) is 1. The van der Waals surface area contributed by atoms with E-state index in [0.29, 0.717) is 18.1 Å². The monoisotopic (exact) mass is 345 g/mol. The molecule has 2 amide bonds. The molecule has 0 unspecified atom stereocenters. The lowest BCUT2D eigenvalue weighted by Crippen LogP contribution is -2.50. The number of nitrogens with zero attached hydrogens (tertiary/aromatic N) is 2. The first-order chi connectivity index (χ1) is 11.7. The third kappa shape index (κ3) is 3.74. The van der Waals surface area contributed by atoms with E-state index in [2.05, 4.69) is 10.2 Å². The normalized spacial score (nSPS) is 14.4. The molecule has 0 radical (unpaired) electrons. The van der Waals surface area contributed by atoms with Gasteiger partial charge < -0.3 is 19.9 Å². The number of hydrogen-bond acceptors (Lipinski definition) is 3. The van der Waals surface area contributed by atoms with Gasteiger partial charge in [0.05, 0.1) is 12.8 Å². The highest BCUT2D eigenvalue weighted by molar-refractivity contribution is 6.30. The van der Waals surface area contributed by atoms with Crippen LogP contribution in [0.1, 0.15) is 0 Å². The fourth-order valence-corrected chi connectivity index (χ4v) is 2.90. The highest BCUT2D eigenvalue weighted by Crippen LogP contribution is 2.28. The van der Waals surface area contributed by atoms with Crippen LogP contribution in [-0.4, -0.2) is 44.2 Å². The van der Waals surface area contributed by atoms with Gasteiger partial charge in [-0.05, 0) is 36.4 Å². The minimum atomic E-state index is -0.0861. The fraction of sp³-hybridized carbons (Fsp3) is 0.278. The van der Waals surface area contributed by atoms with Crippen LogP contribution >= 0.6 is 11.6 Å². The number of carbonyl (C=O) groups excluding carboxylic acids is 1. The maximum absolute atomic E-state index is 12.4.